The molecule has 0 bridgehead atoms. The molecule has 0 radical (unpaired) electrons. The zero-order chi connectivity index (χ0) is 24.8. The number of halogens is 1. The number of benzene rings is 2. The summed E-state index contributed by atoms with van der Waals surface area (Å²) in [7, 11) is 1.20. The van der Waals surface area contributed by atoms with E-state index in [9.17, 15) is 24.0 Å². The van der Waals surface area contributed by atoms with Crippen molar-refractivity contribution in [3.05, 3.63) is 63.5 Å². The third-order valence-electron chi connectivity index (χ3n) is 4.39. The Balaban J connectivity index is 1.65. The molecule has 1 aliphatic heterocycles. The van der Waals surface area contributed by atoms with Crippen molar-refractivity contribution in [2.75, 3.05) is 25.6 Å². The van der Waals surface area contributed by atoms with Crippen molar-refractivity contribution in [2.24, 2.45) is 5.73 Å². The van der Waals surface area contributed by atoms with Crippen LogP contribution in [0, 0.1) is 0 Å². The molecule has 34 heavy (non-hydrogen) atoms. The van der Waals surface area contributed by atoms with Crippen molar-refractivity contribution < 1.29 is 33.4 Å². The summed E-state index contributed by atoms with van der Waals surface area (Å²) in [5, 5.41) is 2.07. The molecule has 1 saturated heterocycles. The minimum Gasteiger partial charge on any atom is -0.484 e. The Bertz CT molecular complexity index is 1200. The number of nitrogens with zero attached hydrogens (tertiary/aromatic N) is 1. The number of imide groups is 1. The normalized spacial score (nSPS) is 14.3. The first kappa shape index (κ1) is 24.8. The zero-order valence-corrected chi connectivity index (χ0v) is 19.3. The summed E-state index contributed by atoms with van der Waals surface area (Å²) in [6, 6.07) is 10.7. The number of anilines is 1. The molecular formula is C22H18ClN3O7S. The number of rotatable bonds is 8. The van der Waals surface area contributed by atoms with E-state index in [4.69, 9.17) is 22.1 Å². The van der Waals surface area contributed by atoms with E-state index in [1.165, 1.54) is 31.4 Å². The zero-order valence-electron chi connectivity index (χ0n) is 17.7. The second-order valence-electron chi connectivity index (χ2n) is 6.83. The average Bonchev–Trinajstić information content (AvgIpc) is 3.06. The van der Waals surface area contributed by atoms with Crippen LogP contribution in [0.2, 0.25) is 5.02 Å². The van der Waals surface area contributed by atoms with Gasteiger partial charge in [0.15, 0.2) is 6.61 Å². The predicted octanol–water partition coefficient (Wildman–Crippen LogP) is 2.67. The first-order valence-electron chi connectivity index (χ1n) is 9.62. The second-order valence-corrected chi connectivity index (χ2v) is 8.23. The summed E-state index contributed by atoms with van der Waals surface area (Å²) in [4.78, 5) is 60.9. The number of ether oxygens (including phenoxy) is 2. The molecule has 3 rings (SSSR count). The highest BCUT2D eigenvalue weighted by Gasteiger charge is 2.36. The highest BCUT2D eigenvalue weighted by Crippen LogP contribution is 2.32. The summed E-state index contributed by atoms with van der Waals surface area (Å²) in [6.45, 7) is -0.779. The Labute approximate surface area is 203 Å². The third-order valence-corrected chi connectivity index (χ3v) is 5.63. The van der Waals surface area contributed by atoms with Crippen LogP contribution in [-0.2, 0) is 19.1 Å². The molecular weight excluding hydrogens is 486 g/mol. The Morgan fingerprint density at radius 2 is 1.85 bits per heavy atom. The molecule has 2 aromatic carbocycles. The molecule has 0 atom stereocenters. The van der Waals surface area contributed by atoms with Crippen LogP contribution in [0.4, 0.5) is 10.5 Å². The molecule has 1 heterocycles. The minimum absolute atomic E-state index is 0.0575. The monoisotopic (exact) mass is 503 g/mol. The van der Waals surface area contributed by atoms with Crippen molar-refractivity contribution in [3.8, 4) is 5.75 Å². The Morgan fingerprint density at radius 1 is 1.15 bits per heavy atom. The lowest BCUT2D eigenvalue weighted by Crippen LogP contribution is -2.36. The van der Waals surface area contributed by atoms with Crippen molar-refractivity contribution in [1.82, 2.24) is 4.90 Å². The Hall–Kier alpha value is -3.83. The SMILES string of the molecule is COC(=O)c1cc(NC(=O)CN2C(=O)S/C(=C\c3ccc(OCC(N)=O)cc3)C2=O)ccc1Cl. The molecule has 0 unspecified atom stereocenters. The van der Waals surface area contributed by atoms with Gasteiger partial charge in [0.2, 0.25) is 5.91 Å². The van der Waals surface area contributed by atoms with E-state index in [1.54, 1.807) is 24.3 Å². The summed E-state index contributed by atoms with van der Waals surface area (Å²) in [5.41, 5.74) is 5.94. The standard InChI is InChI=1S/C22H18ClN3O7S/c1-32-21(30)15-9-13(4-7-16(15)23)25-19(28)10-26-20(29)17(34-22(26)31)8-12-2-5-14(6-3-12)33-11-18(24)27/h2-9H,10-11H2,1H3,(H2,24,27)(H,25,28)/b17-8-. The van der Waals surface area contributed by atoms with Gasteiger partial charge < -0.3 is 20.5 Å². The maximum atomic E-state index is 12.7. The second kappa shape index (κ2) is 10.9. The van der Waals surface area contributed by atoms with Crippen molar-refractivity contribution >= 4 is 64.1 Å². The Morgan fingerprint density at radius 3 is 2.50 bits per heavy atom. The maximum Gasteiger partial charge on any atom is 0.339 e. The molecule has 0 aliphatic carbocycles. The number of amides is 4. The fourth-order valence-corrected chi connectivity index (χ4v) is 3.85. The van der Waals surface area contributed by atoms with Crippen LogP contribution < -0.4 is 15.8 Å². The van der Waals surface area contributed by atoms with Gasteiger partial charge in [-0.25, -0.2) is 4.79 Å². The summed E-state index contributed by atoms with van der Waals surface area (Å²) in [6.07, 6.45) is 1.50. The minimum atomic E-state index is -0.676. The van der Waals surface area contributed by atoms with Crippen molar-refractivity contribution in [1.29, 1.82) is 0 Å². The van der Waals surface area contributed by atoms with Crippen LogP contribution in [0.5, 0.6) is 5.75 Å². The van der Waals surface area contributed by atoms with Gasteiger partial charge in [-0.2, -0.15) is 0 Å². The van der Waals surface area contributed by atoms with Gasteiger partial charge in [-0.1, -0.05) is 23.7 Å². The highest BCUT2D eigenvalue weighted by molar-refractivity contribution is 8.18. The molecule has 1 aliphatic rings. The average molecular weight is 504 g/mol. The molecule has 10 nitrogen and oxygen atoms in total. The molecule has 12 heteroatoms. The summed E-state index contributed by atoms with van der Waals surface area (Å²) in [5.74, 6) is -2.13. The molecule has 176 valence electrons. The summed E-state index contributed by atoms with van der Waals surface area (Å²) >= 11 is 6.66. The van der Waals surface area contributed by atoms with Crippen LogP contribution in [0.1, 0.15) is 15.9 Å². The van der Waals surface area contributed by atoms with Crippen molar-refractivity contribution in [2.45, 2.75) is 0 Å². The predicted molar refractivity (Wildman–Crippen MR) is 125 cm³/mol. The van der Waals surface area contributed by atoms with E-state index in [2.05, 4.69) is 10.1 Å². The number of nitrogens with one attached hydrogen (secondary N) is 1. The number of carbonyl (C=O) groups excluding carboxylic acids is 5. The number of esters is 1. The van der Waals surface area contributed by atoms with E-state index < -0.39 is 35.5 Å². The number of hydrogen-bond acceptors (Lipinski definition) is 8. The van der Waals surface area contributed by atoms with E-state index >= 15 is 0 Å². The van der Waals surface area contributed by atoms with E-state index in [0.29, 0.717) is 23.1 Å². The lowest BCUT2D eigenvalue weighted by atomic mass is 10.2. The Kier molecular flexibility index (Phi) is 7.92. The van der Waals surface area contributed by atoms with Gasteiger partial charge in [-0.05, 0) is 53.7 Å². The van der Waals surface area contributed by atoms with E-state index in [1.807, 2.05) is 0 Å². The van der Waals surface area contributed by atoms with Gasteiger partial charge in [0, 0.05) is 5.69 Å². The van der Waals surface area contributed by atoms with Gasteiger partial charge in [0.25, 0.3) is 17.1 Å². The number of carbonyl (C=O) groups is 5. The fraction of sp³-hybridized carbons (Fsp3) is 0.136. The highest BCUT2D eigenvalue weighted by atomic mass is 35.5. The van der Waals surface area contributed by atoms with E-state index in [0.717, 1.165) is 4.90 Å². The van der Waals surface area contributed by atoms with Gasteiger partial charge in [0.1, 0.15) is 12.3 Å². The van der Waals surface area contributed by atoms with Crippen LogP contribution in [-0.4, -0.2) is 54.1 Å². The van der Waals surface area contributed by atoms with Gasteiger partial charge in [-0.15, -0.1) is 0 Å². The lowest BCUT2D eigenvalue weighted by Gasteiger charge is -2.13. The number of primary amides is 1. The third kappa shape index (κ3) is 6.15. The molecule has 3 N–H and O–H groups in total. The van der Waals surface area contributed by atoms with Crippen LogP contribution >= 0.6 is 23.4 Å². The summed E-state index contributed by atoms with van der Waals surface area (Å²) < 4.78 is 9.80. The van der Waals surface area contributed by atoms with Crippen LogP contribution in [0.25, 0.3) is 6.08 Å². The lowest BCUT2D eigenvalue weighted by molar-refractivity contribution is -0.127. The first-order chi connectivity index (χ1) is 16.2. The first-order valence-corrected chi connectivity index (χ1v) is 10.8. The van der Waals surface area contributed by atoms with Crippen LogP contribution in [0.15, 0.2) is 47.4 Å². The smallest absolute Gasteiger partial charge is 0.339 e. The largest absolute Gasteiger partial charge is 0.484 e. The number of hydrogen-bond donors (Lipinski definition) is 2. The number of nitrogens with two attached hydrogens (primary N) is 1. The molecule has 1 fully saturated rings. The fourth-order valence-electron chi connectivity index (χ4n) is 2.82. The number of methoxy groups -OCH3 is 1. The quantitative estimate of drug-likeness (QED) is 0.413. The molecule has 0 saturated carbocycles. The molecule has 2 aromatic rings. The van der Waals surface area contributed by atoms with Gasteiger partial charge in [0.05, 0.1) is 22.6 Å². The molecule has 0 spiro atoms. The van der Waals surface area contributed by atoms with E-state index in [-0.39, 0.29) is 27.8 Å². The number of thioether (sulfide) groups is 1. The maximum absolute atomic E-state index is 12.7. The molecule has 0 aromatic heterocycles. The van der Waals surface area contributed by atoms with Crippen LogP contribution in [0.3, 0.4) is 0 Å². The van der Waals surface area contributed by atoms with Gasteiger partial charge in [-0.3, -0.25) is 24.1 Å². The molecule has 4 amide bonds. The topological polar surface area (TPSA) is 145 Å². The van der Waals surface area contributed by atoms with Gasteiger partial charge >= 0.3 is 5.97 Å². The van der Waals surface area contributed by atoms with Crippen molar-refractivity contribution in [3.63, 3.8) is 0 Å².